The van der Waals surface area contributed by atoms with Crippen molar-refractivity contribution < 1.29 is 5.11 Å². The quantitative estimate of drug-likeness (QED) is 0.830. The molecule has 0 saturated carbocycles. The predicted molar refractivity (Wildman–Crippen MR) is 74.7 cm³/mol. The van der Waals surface area contributed by atoms with Crippen LogP contribution in [0.2, 0.25) is 5.02 Å². The number of nitrogens with zero attached hydrogens (tertiary/aromatic N) is 2. The van der Waals surface area contributed by atoms with Gasteiger partial charge in [0.05, 0.1) is 16.9 Å². The van der Waals surface area contributed by atoms with Gasteiger partial charge >= 0.3 is 0 Å². The van der Waals surface area contributed by atoms with Gasteiger partial charge in [0.1, 0.15) is 6.10 Å². The normalized spacial score (nSPS) is 13.3. The van der Waals surface area contributed by atoms with Gasteiger partial charge in [0.25, 0.3) is 0 Å². The fraction of sp³-hybridized carbons (Fsp3) is 0.750. The molecule has 0 aromatic carbocycles. The highest BCUT2D eigenvalue weighted by Gasteiger charge is 2.17. The van der Waals surface area contributed by atoms with Crippen LogP contribution < -0.4 is 0 Å². The maximum Gasteiger partial charge on any atom is 0.106 e. The summed E-state index contributed by atoms with van der Waals surface area (Å²) in [6.07, 6.45) is 2.07. The maximum absolute atomic E-state index is 10.1. The summed E-state index contributed by atoms with van der Waals surface area (Å²) in [5, 5.41) is 14.9. The summed E-state index contributed by atoms with van der Waals surface area (Å²) in [6, 6.07) is 0. The van der Waals surface area contributed by atoms with E-state index in [0.29, 0.717) is 16.7 Å². The molecule has 1 N–H and O–H groups in total. The van der Waals surface area contributed by atoms with Gasteiger partial charge in [-0.1, -0.05) is 32.4 Å². The summed E-state index contributed by atoms with van der Waals surface area (Å²) in [5.74, 6) is 2.37. The van der Waals surface area contributed by atoms with Crippen molar-refractivity contribution in [3.05, 3.63) is 16.9 Å². The van der Waals surface area contributed by atoms with Crippen LogP contribution >= 0.6 is 23.4 Å². The minimum atomic E-state index is -0.528. The first kappa shape index (κ1) is 14.9. The average Bonchev–Trinajstić information content (AvgIpc) is 2.60. The molecule has 0 saturated heterocycles. The SMILES string of the molecule is CCCn1ncc(Cl)c1C(O)CSCC(C)C. The molecule has 1 aromatic heterocycles. The average molecular weight is 277 g/mol. The smallest absolute Gasteiger partial charge is 0.106 e. The summed E-state index contributed by atoms with van der Waals surface area (Å²) >= 11 is 7.82. The standard InChI is InChI=1S/C12H21ClN2OS/c1-4-5-15-12(10(13)6-14-15)11(16)8-17-7-9(2)3/h6,9,11,16H,4-5,7-8H2,1-3H3. The Balaban J connectivity index is 2.60. The third-order valence-corrected chi connectivity index (χ3v) is 4.06. The van der Waals surface area contributed by atoms with Crippen LogP contribution in [0.5, 0.6) is 0 Å². The number of aryl methyl sites for hydroxylation is 1. The fourth-order valence-electron chi connectivity index (χ4n) is 1.59. The zero-order valence-corrected chi connectivity index (χ0v) is 12.3. The minimum absolute atomic E-state index is 0.528. The van der Waals surface area contributed by atoms with Gasteiger partial charge in [0.2, 0.25) is 0 Å². The topological polar surface area (TPSA) is 38.0 Å². The minimum Gasteiger partial charge on any atom is -0.386 e. The number of thioether (sulfide) groups is 1. The van der Waals surface area contributed by atoms with Crippen molar-refractivity contribution in [2.24, 2.45) is 5.92 Å². The van der Waals surface area contributed by atoms with E-state index in [-0.39, 0.29) is 0 Å². The Hall–Kier alpha value is -0.190. The molecule has 3 nitrogen and oxygen atoms in total. The van der Waals surface area contributed by atoms with Crippen LogP contribution in [0.1, 0.15) is 39.0 Å². The van der Waals surface area contributed by atoms with Crippen molar-refractivity contribution in [1.29, 1.82) is 0 Å². The summed E-state index contributed by atoms with van der Waals surface area (Å²) < 4.78 is 1.81. The van der Waals surface area contributed by atoms with Crippen LogP contribution in [-0.2, 0) is 6.54 Å². The largest absolute Gasteiger partial charge is 0.386 e. The number of aliphatic hydroxyl groups excluding tert-OH is 1. The van der Waals surface area contributed by atoms with Gasteiger partial charge < -0.3 is 5.11 Å². The summed E-state index contributed by atoms with van der Waals surface area (Å²) in [7, 11) is 0. The first-order valence-electron chi connectivity index (χ1n) is 6.03. The lowest BCUT2D eigenvalue weighted by Gasteiger charge is -2.14. The molecule has 1 unspecified atom stereocenters. The molecule has 1 heterocycles. The van der Waals surface area contributed by atoms with E-state index in [9.17, 15) is 5.11 Å². The molecule has 0 bridgehead atoms. The van der Waals surface area contributed by atoms with E-state index in [1.165, 1.54) is 0 Å². The van der Waals surface area contributed by atoms with Crippen LogP contribution in [0.25, 0.3) is 0 Å². The molecule has 0 aliphatic carbocycles. The van der Waals surface area contributed by atoms with Crippen molar-refractivity contribution >= 4 is 23.4 Å². The second-order valence-corrected chi connectivity index (χ2v) is 6.03. The van der Waals surface area contributed by atoms with Gasteiger partial charge in [0, 0.05) is 12.3 Å². The third-order valence-electron chi connectivity index (χ3n) is 2.31. The van der Waals surface area contributed by atoms with Crippen molar-refractivity contribution in [2.75, 3.05) is 11.5 Å². The number of rotatable bonds is 7. The Morgan fingerprint density at radius 1 is 1.47 bits per heavy atom. The van der Waals surface area contributed by atoms with Crippen LogP contribution in [0.3, 0.4) is 0 Å². The Kier molecular flexibility index (Phi) is 6.38. The molecule has 1 rings (SSSR count). The highest BCUT2D eigenvalue weighted by Crippen LogP contribution is 2.26. The van der Waals surface area contributed by atoms with Crippen molar-refractivity contribution in [3.8, 4) is 0 Å². The summed E-state index contributed by atoms with van der Waals surface area (Å²) in [5.41, 5.74) is 0.754. The van der Waals surface area contributed by atoms with Gasteiger partial charge in [-0.05, 0) is 18.1 Å². The number of hydrogen-bond acceptors (Lipinski definition) is 3. The Morgan fingerprint density at radius 2 is 2.18 bits per heavy atom. The zero-order chi connectivity index (χ0) is 12.8. The van der Waals surface area contributed by atoms with Gasteiger partial charge in [-0.3, -0.25) is 4.68 Å². The predicted octanol–water partition coefficient (Wildman–Crippen LogP) is 3.37. The van der Waals surface area contributed by atoms with E-state index in [2.05, 4.69) is 25.9 Å². The number of hydrogen-bond donors (Lipinski definition) is 1. The van der Waals surface area contributed by atoms with Crippen LogP contribution in [0.15, 0.2) is 6.20 Å². The maximum atomic E-state index is 10.1. The second kappa shape index (κ2) is 7.29. The van der Waals surface area contributed by atoms with Crippen molar-refractivity contribution in [3.63, 3.8) is 0 Å². The second-order valence-electron chi connectivity index (χ2n) is 4.55. The molecule has 0 fully saturated rings. The lowest BCUT2D eigenvalue weighted by molar-refractivity contribution is 0.191. The van der Waals surface area contributed by atoms with E-state index in [4.69, 9.17) is 11.6 Å². The molecule has 5 heteroatoms. The first-order valence-corrected chi connectivity index (χ1v) is 7.56. The Bertz CT molecular complexity index is 341. The third kappa shape index (κ3) is 4.53. The van der Waals surface area contributed by atoms with E-state index >= 15 is 0 Å². The number of aliphatic hydroxyl groups is 1. The van der Waals surface area contributed by atoms with E-state index in [1.807, 2.05) is 4.68 Å². The van der Waals surface area contributed by atoms with Gasteiger partial charge in [0.15, 0.2) is 0 Å². The first-order chi connectivity index (χ1) is 8.06. The molecule has 0 aliphatic heterocycles. The lowest BCUT2D eigenvalue weighted by Crippen LogP contribution is -2.12. The van der Waals surface area contributed by atoms with Crippen LogP contribution in [-0.4, -0.2) is 26.4 Å². The van der Waals surface area contributed by atoms with Crippen LogP contribution in [0, 0.1) is 5.92 Å². The van der Waals surface area contributed by atoms with E-state index in [1.54, 1.807) is 18.0 Å². The number of halogens is 1. The number of aromatic nitrogens is 2. The molecule has 0 spiro atoms. The summed E-state index contributed by atoms with van der Waals surface area (Å²) in [6.45, 7) is 7.23. The zero-order valence-electron chi connectivity index (χ0n) is 10.7. The van der Waals surface area contributed by atoms with Crippen molar-refractivity contribution in [2.45, 2.75) is 39.8 Å². The van der Waals surface area contributed by atoms with Gasteiger partial charge in [-0.25, -0.2) is 0 Å². The Labute approximate surface area is 113 Å². The molecule has 1 aromatic rings. The molecule has 1 atom stereocenters. The molecule has 17 heavy (non-hydrogen) atoms. The summed E-state index contributed by atoms with van der Waals surface area (Å²) in [4.78, 5) is 0. The van der Waals surface area contributed by atoms with Crippen molar-refractivity contribution in [1.82, 2.24) is 9.78 Å². The Morgan fingerprint density at radius 3 is 2.76 bits per heavy atom. The molecular weight excluding hydrogens is 256 g/mol. The van der Waals surface area contributed by atoms with E-state index < -0.39 is 6.10 Å². The molecule has 0 radical (unpaired) electrons. The fourth-order valence-corrected chi connectivity index (χ4v) is 2.84. The molecule has 0 amide bonds. The highest BCUT2D eigenvalue weighted by molar-refractivity contribution is 7.99. The molecule has 0 aliphatic rings. The van der Waals surface area contributed by atoms with Gasteiger partial charge in [-0.15, -0.1) is 0 Å². The lowest BCUT2D eigenvalue weighted by atomic mass is 10.3. The monoisotopic (exact) mass is 276 g/mol. The van der Waals surface area contributed by atoms with Gasteiger partial charge in [-0.2, -0.15) is 16.9 Å². The van der Waals surface area contributed by atoms with Crippen LogP contribution in [0.4, 0.5) is 0 Å². The highest BCUT2D eigenvalue weighted by atomic mass is 35.5. The van der Waals surface area contributed by atoms with E-state index in [0.717, 1.165) is 24.4 Å². The molecular formula is C12H21ClN2OS. The molecule has 98 valence electrons.